The van der Waals surface area contributed by atoms with Crippen LogP contribution in [0.3, 0.4) is 0 Å². The lowest BCUT2D eigenvalue weighted by Crippen LogP contribution is -2.17. The Labute approximate surface area is 97.5 Å². The van der Waals surface area contributed by atoms with Crippen LogP contribution in [0.1, 0.15) is 11.1 Å². The van der Waals surface area contributed by atoms with Crippen molar-refractivity contribution in [3.63, 3.8) is 0 Å². The van der Waals surface area contributed by atoms with Crippen LogP contribution in [-0.2, 0) is 9.59 Å². The topological polar surface area (TPSA) is 96.0 Å². The van der Waals surface area contributed by atoms with Crippen molar-refractivity contribution >= 4 is 23.1 Å². The number of benzene rings is 1. The van der Waals surface area contributed by atoms with E-state index < -0.39 is 11.8 Å². The van der Waals surface area contributed by atoms with E-state index in [1.807, 2.05) is 13.0 Å². The van der Waals surface area contributed by atoms with Gasteiger partial charge in [-0.15, -0.1) is 0 Å². The molecule has 84 valence electrons. The number of primary amides is 1. The molecule has 0 bridgehead atoms. The Hall–Kier alpha value is -2.61. The van der Waals surface area contributed by atoms with E-state index in [9.17, 15) is 9.59 Å². The Balaban J connectivity index is 2.75. The highest BCUT2D eigenvalue weighted by molar-refractivity contribution is 6.36. The molecule has 2 rings (SSSR count). The predicted octanol–water partition coefficient (Wildman–Crippen LogP) is 0.710. The molecule has 0 spiro atoms. The van der Waals surface area contributed by atoms with Crippen molar-refractivity contribution in [2.24, 2.45) is 5.73 Å². The van der Waals surface area contributed by atoms with Crippen molar-refractivity contribution in [3.05, 3.63) is 34.9 Å². The van der Waals surface area contributed by atoms with Gasteiger partial charge in [0.15, 0.2) is 0 Å². The molecule has 0 aromatic heterocycles. The van der Waals surface area contributed by atoms with Gasteiger partial charge in [-0.3, -0.25) is 9.59 Å². The largest absolute Gasteiger partial charge is 0.365 e. The lowest BCUT2D eigenvalue weighted by molar-refractivity contribution is -0.115. The molecule has 5 heteroatoms. The first-order valence-corrected chi connectivity index (χ1v) is 4.91. The smallest absolute Gasteiger partial charge is 0.260 e. The first-order chi connectivity index (χ1) is 8.04. The standard InChI is InChI=1S/C12H9N3O2/c1-6-2-3-9-7(4-6)10(12(17)15-9)8(5-13)11(14)16/h2-4H,1H3,(H2,14,16)(H,15,17)/b10-8+. The summed E-state index contributed by atoms with van der Waals surface area (Å²) in [4.78, 5) is 22.8. The maximum Gasteiger partial charge on any atom is 0.260 e. The van der Waals surface area contributed by atoms with Gasteiger partial charge >= 0.3 is 0 Å². The minimum atomic E-state index is -0.896. The van der Waals surface area contributed by atoms with Crippen LogP contribution in [0.5, 0.6) is 0 Å². The van der Waals surface area contributed by atoms with Gasteiger partial charge < -0.3 is 11.1 Å². The number of nitriles is 1. The molecule has 0 saturated heterocycles. The Morgan fingerprint density at radius 2 is 2.18 bits per heavy atom. The van der Waals surface area contributed by atoms with Gasteiger partial charge in [-0.2, -0.15) is 5.26 Å². The van der Waals surface area contributed by atoms with Gasteiger partial charge in [-0.1, -0.05) is 11.6 Å². The normalized spacial score (nSPS) is 15.9. The number of nitrogens with zero attached hydrogens (tertiary/aromatic N) is 1. The van der Waals surface area contributed by atoms with E-state index in [-0.39, 0.29) is 11.1 Å². The summed E-state index contributed by atoms with van der Waals surface area (Å²) in [7, 11) is 0. The average Bonchev–Trinajstić information content (AvgIpc) is 2.56. The minimum Gasteiger partial charge on any atom is -0.365 e. The molecule has 0 unspecified atom stereocenters. The third-order valence-corrected chi connectivity index (χ3v) is 2.53. The van der Waals surface area contributed by atoms with E-state index in [0.717, 1.165) is 5.56 Å². The van der Waals surface area contributed by atoms with Gasteiger partial charge in [0.2, 0.25) is 0 Å². The first kappa shape index (κ1) is 10.9. The molecule has 3 N–H and O–H groups in total. The van der Waals surface area contributed by atoms with Crippen LogP contribution in [0, 0.1) is 18.3 Å². The maximum absolute atomic E-state index is 11.7. The predicted molar refractivity (Wildman–Crippen MR) is 61.5 cm³/mol. The molecule has 0 fully saturated rings. The second-order valence-electron chi connectivity index (χ2n) is 3.73. The van der Waals surface area contributed by atoms with Crippen LogP contribution in [0.15, 0.2) is 23.8 Å². The lowest BCUT2D eigenvalue weighted by atomic mass is 10.00. The van der Waals surface area contributed by atoms with Gasteiger partial charge in [-0.05, 0) is 19.1 Å². The zero-order chi connectivity index (χ0) is 12.6. The molecule has 17 heavy (non-hydrogen) atoms. The maximum atomic E-state index is 11.7. The molecule has 1 heterocycles. The lowest BCUT2D eigenvalue weighted by Gasteiger charge is -2.00. The van der Waals surface area contributed by atoms with Gasteiger partial charge in [0, 0.05) is 11.3 Å². The molecule has 1 aromatic carbocycles. The summed E-state index contributed by atoms with van der Waals surface area (Å²) in [5.74, 6) is -1.37. The molecule has 1 aromatic rings. The molecular weight excluding hydrogens is 218 g/mol. The summed E-state index contributed by atoms with van der Waals surface area (Å²) in [5.41, 5.74) is 6.89. The van der Waals surface area contributed by atoms with Crippen molar-refractivity contribution in [3.8, 4) is 6.07 Å². The number of nitrogens with two attached hydrogens (primary N) is 1. The fourth-order valence-corrected chi connectivity index (χ4v) is 1.76. The van der Waals surface area contributed by atoms with Gasteiger partial charge in [0.1, 0.15) is 11.6 Å². The fourth-order valence-electron chi connectivity index (χ4n) is 1.76. The van der Waals surface area contributed by atoms with Crippen molar-refractivity contribution in [1.29, 1.82) is 5.26 Å². The first-order valence-electron chi connectivity index (χ1n) is 4.91. The molecule has 0 radical (unpaired) electrons. The van der Waals surface area contributed by atoms with Gasteiger partial charge in [0.25, 0.3) is 11.8 Å². The number of carbonyl (C=O) groups excluding carboxylic acids is 2. The van der Waals surface area contributed by atoms with Crippen LogP contribution in [0.4, 0.5) is 5.69 Å². The zero-order valence-corrected chi connectivity index (χ0v) is 9.07. The zero-order valence-electron chi connectivity index (χ0n) is 9.07. The van der Waals surface area contributed by atoms with Crippen LogP contribution in [0.25, 0.3) is 5.57 Å². The van der Waals surface area contributed by atoms with Gasteiger partial charge in [0.05, 0.1) is 5.57 Å². The highest BCUT2D eigenvalue weighted by Crippen LogP contribution is 2.34. The van der Waals surface area contributed by atoms with Crippen LogP contribution in [-0.4, -0.2) is 11.8 Å². The summed E-state index contributed by atoms with van der Waals surface area (Å²) in [6, 6.07) is 6.98. The number of hydrogen-bond donors (Lipinski definition) is 2. The second-order valence-corrected chi connectivity index (χ2v) is 3.73. The van der Waals surface area contributed by atoms with Crippen LogP contribution >= 0.6 is 0 Å². The van der Waals surface area contributed by atoms with E-state index in [4.69, 9.17) is 11.0 Å². The van der Waals surface area contributed by atoms with Gasteiger partial charge in [-0.25, -0.2) is 0 Å². The molecule has 0 saturated carbocycles. The van der Waals surface area contributed by atoms with Crippen molar-refractivity contribution in [2.45, 2.75) is 6.92 Å². The SMILES string of the molecule is Cc1ccc2c(c1)/C(=C(/C#N)C(N)=O)C(=O)N2. The number of anilines is 1. The number of amides is 2. The Morgan fingerprint density at radius 1 is 1.47 bits per heavy atom. The summed E-state index contributed by atoms with van der Waals surface area (Å²) in [6.07, 6.45) is 0. The Kier molecular flexibility index (Phi) is 2.41. The summed E-state index contributed by atoms with van der Waals surface area (Å²) in [5, 5.41) is 11.5. The number of hydrogen-bond acceptors (Lipinski definition) is 3. The Morgan fingerprint density at radius 3 is 2.76 bits per heavy atom. The second kappa shape index (κ2) is 3.76. The molecular formula is C12H9N3O2. The monoisotopic (exact) mass is 227 g/mol. The van der Waals surface area contributed by atoms with E-state index >= 15 is 0 Å². The number of fused-ring (bicyclic) bond motifs is 1. The number of rotatable bonds is 1. The average molecular weight is 227 g/mol. The number of aryl methyl sites for hydroxylation is 1. The molecule has 1 aliphatic rings. The van der Waals surface area contributed by atoms with E-state index in [1.165, 1.54) is 0 Å². The highest BCUT2D eigenvalue weighted by Gasteiger charge is 2.29. The molecule has 2 amide bonds. The summed E-state index contributed by atoms with van der Waals surface area (Å²) >= 11 is 0. The van der Waals surface area contributed by atoms with Crippen LogP contribution < -0.4 is 11.1 Å². The molecule has 1 aliphatic heterocycles. The third-order valence-electron chi connectivity index (χ3n) is 2.53. The fraction of sp³-hybridized carbons (Fsp3) is 0.0833. The quantitative estimate of drug-likeness (QED) is 0.546. The van der Waals surface area contributed by atoms with E-state index in [2.05, 4.69) is 5.32 Å². The van der Waals surface area contributed by atoms with Crippen molar-refractivity contribution < 1.29 is 9.59 Å². The molecule has 0 atom stereocenters. The highest BCUT2D eigenvalue weighted by atomic mass is 16.2. The number of carbonyl (C=O) groups is 2. The van der Waals surface area contributed by atoms with Crippen LogP contribution in [0.2, 0.25) is 0 Å². The summed E-state index contributed by atoms with van der Waals surface area (Å²) in [6.45, 7) is 1.86. The molecule has 5 nitrogen and oxygen atoms in total. The third kappa shape index (κ3) is 1.66. The Bertz CT molecular complexity index is 609. The minimum absolute atomic E-state index is 0.0544. The van der Waals surface area contributed by atoms with E-state index in [1.54, 1.807) is 18.2 Å². The van der Waals surface area contributed by atoms with E-state index in [0.29, 0.717) is 11.3 Å². The molecule has 0 aliphatic carbocycles. The van der Waals surface area contributed by atoms with Crippen molar-refractivity contribution in [2.75, 3.05) is 5.32 Å². The number of nitrogens with one attached hydrogen (secondary N) is 1. The van der Waals surface area contributed by atoms with Crippen molar-refractivity contribution in [1.82, 2.24) is 0 Å². The summed E-state index contributed by atoms with van der Waals surface area (Å²) < 4.78 is 0.